The Morgan fingerprint density at radius 1 is 1.43 bits per heavy atom. The first-order valence-electron chi connectivity index (χ1n) is 5.53. The molecule has 8 nitrogen and oxygen atoms in total. The van der Waals surface area contributed by atoms with E-state index in [1.165, 1.54) is 25.3 Å². The number of rotatable bonds is 5. The van der Waals surface area contributed by atoms with Crippen LogP contribution in [0.4, 0.5) is 20.3 Å². The number of hydrogen-bond acceptors (Lipinski definition) is 7. The molecule has 0 spiro atoms. The van der Waals surface area contributed by atoms with Crippen molar-refractivity contribution in [2.45, 2.75) is 6.61 Å². The Labute approximate surface area is 116 Å². The molecule has 1 heterocycles. The number of aromatic nitrogens is 2. The van der Waals surface area contributed by atoms with E-state index < -0.39 is 12.5 Å². The maximum Gasteiger partial charge on any atom is 0.387 e. The average molecular weight is 300 g/mol. The Hall–Kier alpha value is -2.91. The highest BCUT2D eigenvalue weighted by atomic mass is 19.3. The Morgan fingerprint density at radius 3 is 2.76 bits per heavy atom. The zero-order valence-electron chi connectivity index (χ0n) is 10.7. The summed E-state index contributed by atoms with van der Waals surface area (Å²) in [4.78, 5) is 11.9. The van der Waals surface area contributed by atoms with Crippen molar-refractivity contribution in [3.63, 3.8) is 0 Å². The number of nitrogen functional groups attached to an aromatic ring is 1. The minimum absolute atomic E-state index is 0.0398. The number of ether oxygens (including phenoxy) is 2. The largest absolute Gasteiger partial charge is 0.497 e. The molecule has 1 aromatic heterocycles. The third kappa shape index (κ3) is 3.35. The van der Waals surface area contributed by atoms with Crippen LogP contribution < -0.4 is 20.5 Å². The van der Waals surface area contributed by atoms with Crippen molar-refractivity contribution in [2.75, 3.05) is 18.2 Å². The summed E-state index contributed by atoms with van der Waals surface area (Å²) in [6.45, 7) is -3.05. The van der Waals surface area contributed by atoms with Gasteiger partial charge in [0.1, 0.15) is 11.5 Å². The van der Waals surface area contributed by atoms with Crippen LogP contribution in [0, 0.1) is 0 Å². The predicted molar refractivity (Wildman–Crippen MR) is 66.3 cm³/mol. The van der Waals surface area contributed by atoms with Crippen molar-refractivity contribution < 1.29 is 27.7 Å². The van der Waals surface area contributed by atoms with Crippen molar-refractivity contribution in [3.05, 3.63) is 23.9 Å². The minimum atomic E-state index is -3.05. The van der Waals surface area contributed by atoms with Crippen molar-refractivity contribution in [3.8, 4) is 11.5 Å². The number of nitrogens with zero attached hydrogens (tertiary/aromatic N) is 2. The molecule has 0 saturated heterocycles. The Morgan fingerprint density at radius 2 is 2.19 bits per heavy atom. The van der Waals surface area contributed by atoms with Gasteiger partial charge in [0.15, 0.2) is 0 Å². The molecule has 0 fully saturated rings. The van der Waals surface area contributed by atoms with Gasteiger partial charge in [-0.1, -0.05) is 0 Å². The Balaban J connectivity index is 2.28. The maximum absolute atomic E-state index is 12.3. The van der Waals surface area contributed by atoms with Crippen LogP contribution in [0.25, 0.3) is 0 Å². The first kappa shape index (κ1) is 14.5. The molecule has 0 atom stereocenters. The van der Waals surface area contributed by atoms with Crippen LogP contribution in [-0.2, 0) is 0 Å². The number of nitrogens with one attached hydrogen (secondary N) is 1. The monoisotopic (exact) mass is 300 g/mol. The number of alkyl halides is 2. The Bertz CT molecular complexity index is 647. The van der Waals surface area contributed by atoms with Gasteiger partial charge in [-0.25, -0.2) is 4.63 Å². The highest BCUT2D eigenvalue weighted by Gasteiger charge is 2.19. The molecule has 0 aliphatic rings. The highest BCUT2D eigenvalue weighted by molar-refractivity contribution is 6.06. The number of halogens is 2. The summed E-state index contributed by atoms with van der Waals surface area (Å²) in [5, 5.41) is 8.85. The van der Waals surface area contributed by atoms with E-state index in [1.807, 2.05) is 0 Å². The molecular formula is C11H10F2N4O4. The SMILES string of the molecule is COc1ccc(OC(F)F)c(NC(=O)c2nonc2N)c1. The van der Waals surface area contributed by atoms with Crippen LogP contribution in [0.5, 0.6) is 11.5 Å². The van der Waals surface area contributed by atoms with Gasteiger partial charge in [-0.3, -0.25) is 4.79 Å². The first-order chi connectivity index (χ1) is 10.0. The molecule has 1 amide bonds. The van der Waals surface area contributed by atoms with E-state index in [2.05, 4.69) is 25.0 Å². The summed E-state index contributed by atoms with van der Waals surface area (Å²) in [6, 6.07) is 3.93. The molecule has 0 unspecified atom stereocenters. The number of nitrogens with two attached hydrogens (primary N) is 1. The molecule has 0 saturated carbocycles. The Kier molecular flexibility index (Phi) is 4.16. The van der Waals surface area contributed by atoms with Crippen LogP contribution >= 0.6 is 0 Å². The fourth-order valence-corrected chi connectivity index (χ4v) is 1.47. The lowest BCUT2D eigenvalue weighted by Gasteiger charge is -2.12. The lowest BCUT2D eigenvalue weighted by atomic mass is 10.2. The average Bonchev–Trinajstić information content (AvgIpc) is 2.86. The lowest BCUT2D eigenvalue weighted by molar-refractivity contribution is -0.0494. The molecule has 10 heteroatoms. The van der Waals surface area contributed by atoms with Crippen molar-refractivity contribution in [1.29, 1.82) is 0 Å². The fourth-order valence-electron chi connectivity index (χ4n) is 1.47. The number of hydrogen-bond donors (Lipinski definition) is 2. The zero-order chi connectivity index (χ0) is 15.4. The van der Waals surface area contributed by atoms with Crippen molar-refractivity contribution >= 4 is 17.4 Å². The van der Waals surface area contributed by atoms with Gasteiger partial charge < -0.3 is 20.5 Å². The van der Waals surface area contributed by atoms with Crippen LogP contribution in [0.2, 0.25) is 0 Å². The van der Waals surface area contributed by atoms with Gasteiger partial charge >= 0.3 is 6.61 Å². The first-order valence-corrected chi connectivity index (χ1v) is 5.53. The van der Waals surface area contributed by atoms with Crippen molar-refractivity contribution in [1.82, 2.24) is 10.3 Å². The third-order valence-corrected chi connectivity index (χ3v) is 2.38. The van der Waals surface area contributed by atoms with E-state index in [0.717, 1.165) is 0 Å². The van der Waals surface area contributed by atoms with E-state index in [0.29, 0.717) is 5.75 Å². The zero-order valence-corrected chi connectivity index (χ0v) is 10.7. The van der Waals surface area contributed by atoms with Crippen LogP contribution in [0.1, 0.15) is 10.5 Å². The summed E-state index contributed by atoms with van der Waals surface area (Å²) in [7, 11) is 1.38. The van der Waals surface area contributed by atoms with Crippen molar-refractivity contribution in [2.24, 2.45) is 0 Å². The maximum atomic E-state index is 12.3. The van der Waals surface area contributed by atoms with Gasteiger partial charge in [0, 0.05) is 6.07 Å². The number of carbonyl (C=O) groups excluding carboxylic acids is 1. The van der Waals surface area contributed by atoms with Gasteiger partial charge in [-0.2, -0.15) is 8.78 Å². The quantitative estimate of drug-likeness (QED) is 0.860. The van der Waals surface area contributed by atoms with Gasteiger partial charge in [-0.05, 0) is 22.4 Å². The summed E-state index contributed by atoms with van der Waals surface area (Å²) in [6.07, 6.45) is 0. The second-order valence-electron chi connectivity index (χ2n) is 3.69. The third-order valence-electron chi connectivity index (χ3n) is 2.38. The van der Waals surface area contributed by atoms with Crippen LogP contribution in [-0.4, -0.2) is 29.9 Å². The van der Waals surface area contributed by atoms with E-state index in [-0.39, 0.29) is 22.9 Å². The molecule has 21 heavy (non-hydrogen) atoms. The molecule has 0 aliphatic carbocycles. The smallest absolute Gasteiger partial charge is 0.387 e. The van der Waals surface area contributed by atoms with Gasteiger partial charge in [0.2, 0.25) is 11.5 Å². The standard InChI is InChI=1S/C11H10F2N4O4/c1-19-5-2-3-7(20-11(12)13)6(4-5)15-10(18)8-9(14)17-21-16-8/h2-4,11H,1H3,(H2,14,17)(H,15,18). The number of benzene rings is 1. The predicted octanol–water partition coefficient (Wildman–Crippen LogP) is 1.51. The summed E-state index contributed by atoms with van der Waals surface area (Å²) in [5.41, 5.74) is 5.05. The number of methoxy groups -OCH3 is 1. The van der Waals surface area contributed by atoms with E-state index >= 15 is 0 Å². The van der Waals surface area contributed by atoms with Gasteiger partial charge in [0.25, 0.3) is 5.91 Å². The lowest BCUT2D eigenvalue weighted by Crippen LogP contribution is -2.16. The summed E-state index contributed by atoms with van der Waals surface area (Å²) < 4.78 is 38.2. The van der Waals surface area contributed by atoms with Crippen LogP contribution in [0.15, 0.2) is 22.8 Å². The van der Waals surface area contributed by atoms with Crippen LogP contribution in [0.3, 0.4) is 0 Å². The summed E-state index contributed by atoms with van der Waals surface area (Å²) >= 11 is 0. The minimum Gasteiger partial charge on any atom is -0.497 e. The number of amides is 1. The van der Waals surface area contributed by atoms with E-state index in [1.54, 1.807) is 0 Å². The molecular weight excluding hydrogens is 290 g/mol. The molecule has 0 radical (unpaired) electrons. The molecule has 2 rings (SSSR count). The second kappa shape index (κ2) is 6.03. The number of carbonyl (C=O) groups is 1. The second-order valence-corrected chi connectivity index (χ2v) is 3.69. The molecule has 112 valence electrons. The molecule has 2 aromatic rings. The highest BCUT2D eigenvalue weighted by Crippen LogP contribution is 2.30. The topological polar surface area (TPSA) is 112 Å². The molecule has 3 N–H and O–H groups in total. The molecule has 0 bridgehead atoms. The van der Waals surface area contributed by atoms with Gasteiger partial charge in [-0.15, -0.1) is 0 Å². The summed E-state index contributed by atoms with van der Waals surface area (Å²) in [5.74, 6) is -0.930. The fraction of sp³-hybridized carbons (Fsp3) is 0.182. The molecule has 1 aromatic carbocycles. The normalized spacial score (nSPS) is 10.5. The van der Waals surface area contributed by atoms with Gasteiger partial charge in [0.05, 0.1) is 12.8 Å². The van der Waals surface area contributed by atoms with E-state index in [9.17, 15) is 13.6 Å². The van der Waals surface area contributed by atoms with E-state index in [4.69, 9.17) is 10.5 Å². The molecule has 0 aliphatic heterocycles. The number of anilines is 2.